The van der Waals surface area contributed by atoms with Crippen molar-refractivity contribution in [3.8, 4) is 0 Å². The van der Waals surface area contributed by atoms with E-state index in [-0.39, 0.29) is 10.8 Å². The second-order valence-corrected chi connectivity index (χ2v) is 19.8. The summed E-state index contributed by atoms with van der Waals surface area (Å²) in [6, 6.07) is 0. The molecule has 0 unspecified atom stereocenters. The molecule has 0 spiro atoms. The molecular weight excluding hydrogens is 355 g/mol. The summed E-state index contributed by atoms with van der Waals surface area (Å²) in [7, 11) is 0. The average molecular weight is 392 g/mol. The molecule has 0 saturated carbocycles. The van der Waals surface area contributed by atoms with E-state index >= 15 is 0 Å². The molecule has 2 aliphatic carbocycles. The van der Waals surface area contributed by atoms with E-state index in [0.29, 0.717) is 0 Å². The number of hydrogen-bond acceptors (Lipinski definition) is 0. The third kappa shape index (κ3) is 2.40. The Morgan fingerprint density at radius 2 is 0.783 bits per heavy atom. The Morgan fingerprint density at radius 3 is 0.957 bits per heavy atom. The van der Waals surface area contributed by atoms with Crippen molar-refractivity contribution in [3.63, 3.8) is 0 Å². The van der Waals surface area contributed by atoms with E-state index in [9.17, 15) is 0 Å². The Hall–Kier alpha value is -0.157. The van der Waals surface area contributed by atoms with E-state index in [1.54, 1.807) is 33.4 Å². The number of rotatable bonds is 2. The van der Waals surface area contributed by atoms with Crippen molar-refractivity contribution in [1.82, 2.24) is 0 Å². The summed E-state index contributed by atoms with van der Waals surface area (Å²) in [5, 5.41) is 0. The van der Waals surface area contributed by atoms with Gasteiger partial charge in [0.05, 0.1) is 0 Å². The Labute approximate surface area is 149 Å². The predicted molar refractivity (Wildman–Crippen MR) is 101 cm³/mol. The molecule has 1 heteroatoms. The van der Waals surface area contributed by atoms with E-state index in [4.69, 9.17) is 0 Å². The van der Waals surface area contributed by atoms with Gasteiger partial charge in [0, 0.05) is 0 Å². The van der Waals surface area contributed by atoms with E-state index in [2.05, 4.69) is 78.5 Å². The molecule has 0 radical (unpaired) electrons. The van der Waals surface area contributed by atoms with Gasteiger partial charge in [0.25, 0.3) is 0 Å². The van der Waals surface area contributed by atoms with Crippen LogP contribution in [0.4, 0.5) is 0 Å². The molecule has 0 N–H and O–H groups in total. The van der Waals surface area contributed by atoms with Crippen molar-refractivity contribution in [2.45, 2.75) is 78.5 Å². The molecule has 0 amide bonds. The first kappa shape index (κ1) is 19.2. The summed E-state index contributed by atoms with van der Waals surface area (Å²) in [6.07, 6.45) is 0. The maximum atomic E-state index is 2.66. The van der Waals surface area contributed by atoms with Crippen molar-refractivity contribution in [1.29, 1.82) is 0 Å². The van der Waals surface area contributed by atoms with Gasteiger partial charge in [-0.3, -0.25) is 0 Å². The normalized spacial score (nSPS) is 24.5. The summed E-state index contributed by atoms with van der Waals surface area (Å²) in [4.78, 5) is 0. The first-order chi connectivity index (χ1) is 10.2. The molecule has 0 atom stereocenters. The molecule has 0 aromatic carbocycles. The predicted octanol–water partition coefficient (Wildman–Crippen LogP) is 7.54. The van der Waals surface area contributed by atoms with Gasteiger partial charge in [-0.15, -0.1) is 0 Å². The third-order valence-electron chi connectivity index (χ3n) is 7.38. The molecule has 0 aliphatic heterocycles. The zero-order valence-corrected chi connectivity index (χ0v) is 20.0. The first-order valence-corrected chi connectivity index (χ1v) is 16.4. The van der Waals surface area contributed by atoms with Crippen LogP contribution >= 0.6 is 0 Å². The van der Waals surface area contributed by atoms with Crippen LogP contribution in [0, 0.1) is 10.8 Å². The standard InChI is InChI=1S/2C10H15.2CH3.Zr/c2*1-7-6-10(4,5)9(3)8(7)2;;;/h2*1-5H3;2*1H3;. The van der Waals surface area contributed by atoms with Gasteiger partial charge in [-0.1, -0.05) is 0 Å². The summed E-state index contributed by atoms with van der Waals surface area (Å²) >= 11 is -2.64. The fraction of sp³-hybridized carbons (Fsp3) is 0.636. The second-order valence-electron chi connectivity index (χ2n) is 9.38. The fourth-order valence-electron chi connectivity index (χ4n) is 5.81. The van der Waals surface area contributed by atoms with Gasteiger partial charge < -0.3 is 0 Å². The SMILES string of the molecule is CC1=C(C)C(C)(C)[C]([Zr]([CH3])([CH3])[C]2=C(C)C(C)=C(C)C2(C)C)=C1C. The molecule has 128 valence electrons. The zero-order valence-electron chi connectivity index (χ0n) is 17.5. The van der Waals surface area contributed by atoms with Crippen LogP contribution < -0.4 is 0 Å². The van der Waals surface area contributed by atoms with Crippen LogP contribution in [0.1, 0.15) is 69.2 Å². The minimum atomic E-state index is -2.64. The van der Waals surface area contributed by atoms with Crippen molar-refractivity contribution in [2.75, 3.05) is 0 Å². The fourth-order valence-corrected chi connectivity index (χ4v) is 20.6. The third-order valence-corrected chi connectivity index (χ3v) is 18.4. The second kappa shape index (κ2) is 5.42. The zero-order chi connectivity index (χ0) is 18.1. The molecule has 23 heavy (non-hydrogen) atoms. The molecule has 2 rings (SSSR count). The van der Waals surface area contributed by atoms with Crippen LogP contribution in [0.25, 0.3) is 0 Å². The number of allylic oxidation sites excluding steroid dienone is 8. The summed E-state index contributed by atoms with van der Waals surface area (Å²) < 4.78 is 8.97. The molecule has 0 aromatic rings. The van der Waals surface area contributed by atoms with E-state index in [1.807, 2.05) is 6.56 Å². The van der Waals surface area contributed by atoms with Crippen LogP contribution in [0.2, 0.25) is 9.26 Å². The molecule has 0 nitrogen and oxygen atoms in total. The molecule has 0 aromatic heterocycles. The Balaban J connectivity index is 2.72. The van der Waals surface area contributed by atoms with Gasteiger partial charge in [0.15, 0.2) is 0 Å². The van der Waals surface area contributed by atoms with Crippen molar-refractivity contribution in [2.24, 2.45) is 10.8 Å². The molecule has 0 saturated heterocycles. The van der Waals surface area contributed by atoms with Crippen LogP contribution in [-0.2, 0) is 20.3 Å². The Bertz CT molecular complexity index is 640. The summed E-state index contributed by atoms with van der Waals surface area (Å²) in [5.74, 6) is 0. The van der Waals surface area contributed by atoms with Crippen LogP contribution in [-0.4, -0.2) is 0 Å². The average Bonchev–Trinajstić information content (AvgIpc) is 2.66. The molecule has 2 aliphatic rings. The van der Waals surface area contributed by atoms with Gasteiger partial charge in [-0.05, 0) is 0 Å². The van der Waals surface area contributed by atoms with E-state index in [0.717, 1.165) is 0 Å². The molecule has 0 bridgehead atoms. The van der Waals surface area contributed by atoms with E-state index in [1.165, 1.54) is 0 Å². The minimum absolute atomic E-state index is 0.238. The van der Waals surface area contributed by atoms with Gasteiger partial charge in [-0.25, -0.2) is 0 Å². The Kier molecular flexibility index (Phi) is 4.52. The topological polar surface area (TPSA) is 0 Å². The quantitative estimate of drug-likeness (QED) is 0.456. The van der Waals surface area contributed by atoms with Crippen molar-refractivity contribution < 1.29 is 20.3 Å². The van der Waals surface area contributed by atoms with Gasteiger partial charge in [0.2, 0.25) is 0 Å². The van der Waals surface area contributed by atoms with Crippen LogP contribution in [0.3, 0.4) is 0 Å². The monoisotopic (exact) mass is 390 g/mol. The van der Waals surface area contributed by atoms with Gasteiger partial charge in [0.1, 0.15) is 0 Å². The molecule has 0 heterocycles. The summed E-state index contributed by atoms with van der Waals surface area (Å²) in [5.41, 5.74) is 9.95. The van der Waals surface area contributed by atoms with Crippen LogP contribution in [0.15, 0.2) is 40.0 Å². The Morgan fingerprint density at radius 1 is 0.522 bits per heavy atom. The molecular formula is C22H36Zr. The molecule has 0 fully saturated rings. The maximum absolute atomic E-state index is 2.66. The van der Waals surface area contributed by atoms with Gasteiger partial charge in [-0.2, -0.15) is 0 Å². The van der Waals surface area contributed by atoms with E-state index < -0.39 is 20.3 Å². The van der Waals surface area contributed by atoms with Crippen LogP contribution in [0.5, 0.6) is 0 Å². The van der Waals surface area contributed by atoms with Crippen molar-refractivity contribution in [3.05, 3.63) is 40.0 Å². The van der Waals surface area contributed by atoms with Gasteiger partial charge >= 0.3 is 150 Å². The summed E-state index contributed by atoms with van der Waals surface area (Å²) in [6.45, 7) is 24.0. The van der Waals surface area contributed by atoms with Crippen molar-refractivity contribution >= 4 is 0 Å². The number of hydrogen-bond donors (Lipinski definition) is 0. The first-order valence-electron chi connectivity index (χ1n) is 9.00.